The molecule has 1 aromatic heterocycles. The van der Waals surface area contributed by atoms with Crippen molar-refractivity contribution in [2.24, 2.45) is 5.92 Å². The Bertz CT molecular complexity index is 1030. The number of benzene rings is 1. The van der Waals surface area contributed by atoms with Crippen LogP contribution in [0.15, 0.2) is 33.5 Å². The largest absolute Gasteiger partial charge is 0.507 e. The fourth-order valence-electron chi connectivity index (χ4n) is 3.28. The maximum absolute atomic E-state index is 13.2. The van der Waals surface area contributed by atoms with Crippen molar-refractivity contribution in [3.63, 3.8) is 0 Å². The van der Waals surface area contributed by atoms with Crippen LogP contribution in [0.5, 0.6) is 5.75 Å². The minimum atomic E-state index is -0.817. The summed E-state index contributed by atoms with van der Waals surface area (Å²) in [4.78, 5) is 37.7. The number of halogens is 1. The molecule has 2 aromatic rings. The molecule has 0 bridgehead atoms. The molecule has 1 aliphatic rings. The normalized spacial score (nSPS) is 13.0. The predicted octanol–water partition coefficient (Wildman–Crippen LogP) is 2.37. The van der Waals surface area contributed by atoms with Crippen molar-refractivity contribution < 1.29 is 24.2 Å². The van der Waals surface area contributed by atoms with E-state index in [4.69, 9.17) is 9.47 Å². The minimum Gasteiger partial charge on any atom is -0.507 e. The number of aromatic nitrogens is 1. The summed E-state index contributed by atoms with van der Waals surface area (Å²) < 4.78 is 12.9. The summed E-state index contributed by atoms with van der Waals surface area (Å²) in [5, 5.41) is 13.1. The molecule has 3 rings (SSSR count). The summed E-state index contributed by atoms with van der Waals surface area (Å²) in [6.45, 7) is 4.39. The molecule has 0 aliphatic carbocycles. The molecule has 0 atom stereocenters. The molecule has 0 fully saturated rings. The number of pyridine rings is 1. The lowest BCUT2D eigenvalue weighted by Crippen LogP contribution is -2.38. The van der Waals surface area contributed by atoms with E-state index in [1.807, 2.05) is 38.1 Å². The highest BCUT2D eigenvalue weighted by Gasteiger charge is 2.28. The number of nitrogens with zero attached hydrogens (tertiary/aromatic N) is 1. The monoisotopic (exact) mass is 492 g/mol. The Hall–Kier alpha value is -2.65. The molecule has 1 amide bonds. The molecule has 0 radical (unpaired) electrons. The maximum atomic E-state index is 13.2. The van der Waals surface area contributed by atoms with Gasteiger partial charge in [-0.05, 0) is 23.6 Å². The Morgan fingerprint density at radius 3 is 2.68 bits per heavy atom. The predicted molar refractivity (Wildman–Crippen MR) is 117 cm³/mol. The van der Waals surface area contributed by atoms with Crippen LogP contribution in [0, 0.1) is 5.92 Å². The fourth-order valence-corrected chi connectivity index (χ4v) is 3.54. The molecular formula is C22H25BrN2O6. The van der Waals surface area contributed by atoms with Crippen LogP contribution >= 0.6 is 15.9 Å². The molecule has 2 heterocycles. The highest BCUT2D eigenvalue weighted by Crippen LogP contribution is 2.28. The first-order chi connectivity index (χ1) is 14.8. The van der Waals surface area contributed by atoms with Gasteiger partial charge in [0.05, 0.1) is 32.1 Å². The van der Waals surface area contributed by atoms with Crippen LogP contribution in [0.1, 0.15) is 41.0 Å². The zero-order valence-electron chi connectivity index (χ0n) is 17.4. The number of aromatic hydroxyl groups is 1. The van der Waals surface area contributed by atoms with Crippen molar-refractivity contribution in [2.75, 3.05) is 19.8 Å². The number of ether oxygens (including phenoxy) is 2. The van der Waals surface area contributed by atoms with Crippen LogP contribution in [-0.4, -0.2) is 41.3 Å². The van der Waals surface area contributed by atoms with Gasteiger partial charge in [-0.3, -0.25) is 14.4 Å². The minimum absolute atomic E-state index is 0.164. The highest BCUT2D eigenvalue weighted by atomic mass is 79.9. The number of fused-ring (bicyclic) bond motifs is 1. The molecule has 9 heteroatoms. The summed E-state index contributed by atoms with van der Waals surface area (Å²) >= 11 is 3.38. The van der Waals surface area contributed by atoms with Crippen LogP contribution in [-0.2, 0) is 33.8 Å². The second-order valence-corrected chi connectivity index (χ2v) is 8.64. The summed E-state index contributed by atoms with van der Waals surface area (Å²) in [5.41, 5.74) is 0.889. The number of hydrogen-bond acceptors (Lipinski definition) is 6. The third kappa shape index (κ3) is 5.54. The van der Waals surface area contributed by atoms with Crippen molar-refractivity contribution in [1.29, 1.82) is 0 Å². The van der Waals surface area contributed by atoms with Crippen LogP contribution in [0.4, 0.5) is 0 Å². The third-order valence-electron chi connectivity index (χ3n) is 4.84. The van der Waals surface area contributed by atoms with E-state index >= 15 is 0 Å². The summed E-state index contributed by atoms with van der Waals surface area (Å²) in [6.07, 6.45) is 0.374. The molecule has 166 valence electrons. The smallest absolute Gasteiger partial charge is 0.325 e. The summed E-state index contributed by atoms with van der Waals surface area (Å²) in [6, 6.07) is 7.45. The third-order valence-corrected chi connectivity index (χ3v) is 5.37. The van der Waals surface area contributed by atoms with Crippen molar-refractivity contribution in [3.05, 3.63) is 61.5 Å². The number of carbonyl (C=O) groups excluding carboxylic acids is 2. The van der Waals surface area contributed by atoms with Crippen molar-refractivity contribution in [2.45, 2.75) is 33.4 Å². The van der Waals surface area contributed by atoms with Crippen LogP contribution < -0.4 is 10.9 Å². The average molecular weight is 493 g/mol. The lowest BCUT2D eigenvalue weighted by atomic mass is 10.0. The Morgan fingerprint density at radius 1 is 1.29 bits per heavy atom. The average Bonchev–Trinajstić information content (AvgIpc) is 2.75. The molecule has 0 saturated carbocycles. The molecule has 1 aromatic carbocycles. The Kier molecular flexibility index (Phi) is 7.50. The first-order valence-electron chi connectivity index (χ1n) is 10.0. The van der Waals surface area contributed by atoms with Gasteiger partial charge in [0.15, 0.2) is 0 Å². The van der Waals surface area contributed by atoms with E-state index in [9.17, 15) is 19.5 Å². The van der Waals surface area contributed by atoms with E-state index in [-0.39, 0.29) is 37.0 Å². The quantitative estimate of drug-likeness (QED) is 0.574. The van der Waals surface area contributed by atoms with E-state index in [1.54, 1.807) is 0 Å². The second-order valence-electron chi connectivity index (χ2n) is 7.73. The molecular weight excluding hydrogens is 468 g/mol. The molecule has 0 spiro atoms. The standard InChI is InChI=1S/C22H25BrN2O6/c1-13(2)11-31-18(26)9-24-21(28)19-20(27)16-7-8-30-12-17(16)25(22(19)29)10-14-3-5-15(23)6-4-14/h3-6,13,27H,7-12H2,1-2H3,(H,24,28). The van der Waals surface area contributed by atoms with Gasteiger partial charge >= 0.3 is 5.97 Å². The molecule has 8 nitrogen and oxygen atoms in total. The van der Waals surface area contributed by atoms with Gasteiger partial charge in [-0.15, -0.1) is 0 Å². The number of rotatable bonds is 7. The lowest BCUT2D eigenvalue weighted by Gasteiger charge is -2.24. The van der Waals surface area contributed by atoms with Gasteiger partial charge in [0, 0.05) is 16.5 Å². The van der Waals surface area contributed by atoms with Gasteiger partial charge < -0.3 is 24.5 Å². The van der Waals surface area contributed by atoms with Gasteiger partial charge in [-0.25, -0.2) is 0 Å². The van der Waals surface area contributed by atoms with Gasteiger partial charge in [0.1, 0.15) is 17.9 Å². The van der Waals surface area contributed by atoms with E-state index in [1.165, 1.54) is 4.57 Å². The van der Waals surface area contributed by atoms with Gasteiger partial charge in [-0.1, -0.05) is 41.9 Å². The molecule has 2 N–H and O–H groups in total. The summed E-state index contributed by atoms with van der Waals surface area (Å²) in [5.74, 6) is -1.62. The topological polar surface area (TPSA) is 107 Å². The Labute approximate surface area is 188 Å². The summed E-state index contributed by atoms with van der Waals surface area (Å²) in [7, 11) is 0. The molecule has 1 aliphatic heterocycles. The van der Waals surface area contributed by atoms with Crippen LogP contribution in [0.25, 0.3) is 0 Å². The maximum Gasteiger partial charge on any atom is 0.325 e. The van der Waals surface area contributed by atoms with Gasteiger partial charge in [-0.2, -0.15) is 0 Å². The SMILES string of the molecule is CC(C)COC(=O)CNC(=O)c1c(O)c2c(n(Cc3ccc(Br)cc3)c1=O)COCC2. The second kappa shape index (κ2) is 10.1. The Morgan fingerprint density at radius 2 is 2.00 bits per heavy atom. The number of carbonyl (C=O) groups is 2. The van der Waals surface area contributed by atoms with Crippen molar-refractivity contribution in [3.8, 4) is 5.75 Å². The van der Waals surface area contributed by atoms with Crippen LogP contribution in [0.3, 0.4) is 0 Å². The first-order valence-corrected chi connectivity index (χ1v) is 10.8. The zero-order chi connectivity index (χ0) is 22.5. The number of hydrogen-bond donors (Lipinski definition) is 2. The van der Waals surface area contributed by atoms with Crippen molar-refractivity contribution >= 4 is 27.8 Å². The Balaban J connectivity index is 1.91. The van der Waals surface area contributed by atoms with Crippen LogP contribution in [0.2, 0.25) is 0 Å². The first kappa shape index (κ1) is 23.0. The number of nitrogens with one attached hydrogen (secondary N) is 1. The molecule has 0 unspecified atom stereocenters. The number of amides is 1. The van der Waals surface area contributed by atoms with E-state index < -0.39 is 24.0 Å². The zero-order valence-corrected chi connectivity index (χ0v) is 19.0. The van der Waals surface area contributed by atoms with E-state index in [2.05, 4.69) is 21.2 Å². The van der Waals surface area contributed by atoms with Crippen molar-refractivity contribution in [1.82, 2.24) is 9.88 Å². The lowest BCUT2D eigenvalue weighted by molar-refractivity contribution is -0.143. The van der Waals surface area contributed by atoms with Gasteiger partial charge in [0.2, 0.25) is 0 Å². The van der Waals surface area contributed by atoms with Gasteiger partial charge in [0.25, 0.3) is 11.5 Å². The van der Waals surface area contributed by atoms with E-state index in [0.29, 0.717) is 24.3 Å². The molecule has 0 saturated heterocycles. The fraction of sp³-hybridized carbons (Fsp3) is 0.409. The number of esters is 1. The van der Waals surface area contributed by atoms with E-state index in [0.717, 1.165) is 10.0 Å². The highest BCUT2D eigenvalue weighted by molar-refractivity contribution is 9.10. The molecule has 31 heavy (non-hydrogen) atoms.